The molecular formula is C22H37BrCl3N3O. The summed E-state index contributed by atoms with van der Waals surface area (Å²) in [7, 11) is 0. The minimum atomic E-state index is 0. The Labute approximate surface area is 209 Å². The van der Waals surface area contributed by atoms with Crippen molar-refractivity contribution in [2.75, 3.05) is 39.3 Å². The van der Waals surface area contributed by atoms with E-state index in [9.17, 15) is 0 Å². The van der Waals surface area contributed by atoms with E-state index in [0.717, 1.165) is 39.2 Å². The number of halogens is 4. The highest BCUT2D eigenvalue weighted by molar-refractivity contribution is 9.10. The average molecular weight is 546 g/mol. The van der Waals surface area contributed by atoms with Crippen LogP contribution in [0, 0.1) is 0 Å². The van der Waals surface area contributed by atoms with Gasteiger partial charge in [0.1, 0.15) is 0 Å². The van der Waals surface area contributed by atoms with Crippen LogP contribution in [0.4, 0.5) is 0 Å². The number of nitrogens with zero attached hydrogens (tertiary/aromatic N) is 2. The van der Waals surface area contributed by atoms with Crippen LogP contribution in [-0.2, 0) is 11.2 Å². The third-order valence-corrected chi connectivity index (χ3v) is 7.55. The zero-order valence-corrected chi connectivity index (χ0v) is 22.3. The number of piperazine rings is 1. The predicted octanol–water partition coefficient (Wildman–Crippen LogP) is 4.87. The van der Waals surface area contributed by atoms with Crippen molar-refractivity contribution in [2.24, 2.45) is 0 Å². The van der Waals surface area contributed by atoms with E-state index in [1.807, 2.05) is 0 Å². The molecule has 2 fully saturated rings. The number of benzene rings is 1. The van der Waals surface area contributed by atoms with Crippen molar-refractivity contribution in [3.63, 3.8) is 0 Å². The van der Waals surface area contributed by atoms with Gasteiger partial charge < -0.3 is 10.1 Å². The lowest BCUT2D eigenvalue weighted by Gasteiger charge is -2.52. The Morgan fingerprint density at radius 3 is 2.50 bits per heavy atom. The fraction of sp³-hybridized carbons (Fsp3) is 0.727. The minimum Gasteiger partial charge on any atom is -0.376 e. The first-order valence-electron chi connectivity index (χ1n) is 10.6. The van der Waals surface area contributed by atoms with Crippen molar-refractivity contribution in [2.45, 2.75) is 63.8 Å². The second-order valence-corrected chi connectivity index (χ2v) is 9.68. The van der Waals surface area contributed by atoms with Crippen LogP contribution >= 0.6 is 53.2 Å². The van der Waals surface area contributed by atoms with Crippen LogP contribution in [0.25, 0.3) is 0 Å². The lowest BCUT2D eigenvalue weighted by Crippen LogP contribution is -2.62. The Kier molecular flexibility index (Phi) is 11.4. The third-order valence-electron chi connectivity index (χ3n) is 7.06. The zero-order chi connectivity index (χ0) is 19.0. The van der Waals surface area contributed by atoms with Gasteiger partial charge in [-0.15, -0.1) is 37.2 Å². The summed E-state index contributed by atoms with van der Waals surface area (Å²) >= 11 is 3.64. The maximum atomic E-state index is 6.22. The van der Waals surface area contributed by atoms with Crippen molar-refractivity contribution < 1.29 is 4.74 Å². The molecule has 1 aromatic rings. The van der Waals surface area contributed by atoms with Crippen LogP contribution in [0.3, 0.4) is 0 Å². The largest absolute Gasteiger partial charge is 0.376 e. The van der Waals surface area contributed by atoms with Gasteiger partial charge in [-0.2, -0.15) is 0 Å². The normalized spacial score (nSPS) is 28.6. The SMILES string of the molecule is CCO[C@H]1Cc2cc(Br)ccc2[C@H]1N1CCN(C2(C)CCNCC2)C[C@@H]1C.Cl.Cl.Cl. The molecule has 2 aliphatic heterocycles. The molecule has 0 bridgehead atoms. The summed E-state index contributed by atoms with van der Waals surface area (Å²) in [5, 5.41) is 3.52. The number of piperidine rings is 1. The molecule has 0 unspecified atom stereocenters. The standard InChI is InChI=1S/C22H34BrN3O.3ClH/c1-4-27-20-14-17-13-18(23)5-6-19(17)21(20)26-12-11-25(15-16(26)2)22(3)7-9-24-10-8-22;;;/h5-6,13,16,20-21,24H,4,7-12,14-15H2,1-3H3;3*1H/t16-,20-,21+;;;/m0.../s1. The number of hydrogen-bond donors (Lipinski definition) is 1. The number of rotatable bonds is 4. The summed E-state index contributed by atoms with van der Waals surface area (Å²) in [5.41, 5.74) is 3.29. The molecule has 1 aromatic carbocycles. The van der Waals surface area contributed by atoms with Crippen molar-refractivity contribution >= 4 is 53.2 Å². The Hall–Kier alpha value is 0.410. The maximum absolute atomic E-state index is 6.22. The fourth-order valence-corrected chi connectivity index (χ4v) is 5.89. The smallest absolute Gasteiger partial charge is 0.0812 e. The maximum Gasteiger partial charge on any atom is 0.0812 e. The lowest BCUT2D eigenvalue weighted by molar-refractivity contribution is -0.0588. The highest BCUT2D eigenvalue weighted by Gasteiger charge is 2.43. The van der Waals surface area contributed by atoms with Crippen LogP contribution in [0.5, 0.6) is 0 Å². The van der Waals surface area contributed by atoms with Gasteiger partial charge in [0.05, 0.1) is 12.1 Å². The summed E-state index contributed by atoms with van der Waals surface area (Å²) in [6.07, 6.45) is 3.84. The molecule has 0 spiro atoms. The van der Waals surface area contributed by atoms with Crippen molar-refractivity contribution in [1.82, 2.24) is 15.1 Å². The highest BCUT2D eigenvalue weighted by Crippen LogP contribution is 2.41. The Bertz CT molecular complexity index is 675. The second-order valence-electron chi connectivity index (χ2n) is 8.77. The van der Waals surface area contributed by atoms with Gasteiger partial charge in [0.2, 0.25) is 0 Å². The molecule has 0 aromatic heterocycles. The molecule has 0 amide bonds. The number of fused-ring (bicyclic) bond motifs is 1. The van der Waals surface area contributed by atoms with Gasteiger partial charge in [-0.3, -0.25) is 9.80 Å². The molecule has 3 aliphatic rings. The first-order valence-corrected chi connectivity index (χ1v) is 11.4. The predicted molar refractivity (Wildman–Crippen MR) is 136 cm³/mol. The van der Waals surface area contributed by atoms with E-state index in [4.69, 9.17) is 4.74 Å². The molecule has 4 nitrogen and oxygen atoms in total. The van der Waals surface area contributed by atoms with Gasteiger partial charge in [0.25, 0.3) is 0 Å². The molecule has 2 saturated heterocycles. The number of hydrogen-bond acceptors (Lipinski definition) is 4. The Balaban J connectivity index is 0.00000150. The Morgan fingerprint density at radius 2 is 1.87 bits per heavy atom. The molecule has 0 saturated carbocycles. The topological polar surface area (TPSA) is 27.7 Å². The quantitative estimate of drug-likeness (QED) is 0.585. The molecular weight excluding hydrogens is 509 g/mol. The molecule has 8 heteroatoms. The molecule has 0 radical (unpaired) electrons. The van der Waals surface area contributed by atoms with Crippen LogP contribution in [0.2, 0.25) is 0 Å². The monoisotopic (exact) mass is 543 g/mol. The summed E-state index contributed by atoms with van der Waals surface area (Å²) in [4.78, 5) is 5.49. The molecule has 1 N–H and O–H groups in total. The van der Waals surface area contributed by atoms with Crippen molar-refractivity contribution in [1.29, 1.82) is 0 Å². The number of ether oxygens (including phenoxy) is 1. The van der Waals surface area contributed by atoms with E-state index in [-0.39, 0.29) is 43.3 Å². The van der Waals surface area contributed by atoms with Crippen LogP contribution < -0.4 is 5.32 Å². The first kappa shape index (κ1) is 28.4. The Morgan fingerprint density at radius 1 is 1.17 bits per heavy atom. The summed E-state index contributed by atoms with van der Waals surface area (Å²) < 4.78 is 7.40. The van der Waals surface area contributed by atoms with E-state index < -0.39 is 0 Å². The molecule has 4 rings (SSSR count). The first-order chi connectivity index (χ1) is 13.0. The lowest BCUT2D eigenvalue weighted by atomic mass is 9.87. The van der Waals surface area contributed by atoms with Crippen molar-refractivity contribution in [3.05, 3.63) is 33.8 Å². The van der Waals surface area contributed by atoms with E-state index in [0.29, 0.717) is 17.6 Å². The van der Waals surface area contributed by atoms with Gasteiger partial charge in [0.15, 0.2) is 0 Å². The third kappa shape index (κ3) is 5.66. The van der Waals surface area contributed by atoms with Gasteiger partial charge >= 0.3 is 0 Å². The average Bonchev–Trinajstić information content (AvgIpc) is 2.99. The van der Waals surface area contributed by atoms with Gasteiger partial charge in [-0.05, 0) is 70.0 Å². The molecule has 2 heterocycles. The summed E-state index contributed by atoms with van der Waals surface area (Å²) in [6.45, 7) is 13.6. The van der Waals surface area contributed by atoms with Gasteiger partial charge in [-0.25, -0.2) is 0 Å². The molecule has 30 heavy (non-hydrogen) atoms. The second kappa shape index (κ2) is 12.0. The van der Waals surface area contributed by atoms with Gasteiger partial charge in [-0.1, -0.05) is 22.0 Å². The minimum absolute atomic E-state index is 0. The molecule has 1 aliphatic carbocycles. The molecule has 3 atom stereocenters. The summed E-state index contributed by atoms with van der Waals surface area (Å²) in [6, 6.07) is 7.74. The van der Waals surface area contributed by atoms with E-state index in [1.54, 1.807) is 0 Å². The molecule has 174 valence electrons. The number of nitrogens with one attached hydrogen (secondary N) is 1. The zero-order valence-electron chi connectivity index (χ0n) is 18.2. The van der Waals surface area contributed by atoms with E-state index in [1.165, 1.54) is 35.0 Å². The highest BCUT2D eigenvalue weighted by atomic mass is 79.9. The van der Waals surface area contributed by atoms with Crippen LogP contribution in [-0.4, -0.2) is 66.8 Å². The summed E-state index contributed by atoms with van der Waals surface area (Å²) in [5.74, 6) is 0. The fourth-order valence-electron chi connectivity index (χ4n) is 5.48. The van der Waals surface area contributed by atoms with Crippen LogP contribution in [0.15, 0.2) is 22.7 Å². The van der Waals surface area contributed by atoms with Gasteiger partial charge in [0, 0.05) is 48.7 Å². The van der Waals surface area contributed by atoms with Crippen LogP contribution in [0.1, 0.15) is 50.8 Å². The van der Waals surface area contributed by atoms with E-state index >= 15 is 0 Å². The van der Waals surface area contributed by atoms with Crippen molar-refractivity contribution in [3.8, 4) is 0 Å². The van der Waals surface area contributed by atoms with E-state index in [2.05, 4.69) is 70.0 Å².